The van der Waals surface area contributed by atoms with Gasteiger partial charge in [-0.25, -0.2) is 8.42 Å². The molecular weight excluding hydrogens is 318 g/mol. The van der Waals surface area contributed by atoms with Gasteiger partial charge >= 0.3 is 0 Å². The quantitative estimate of drug-likeness (QED) is 0.789. The first-order chi connectivity index (χ1) is 11.5. The van der Waals surface area contributed by atoms with E-state index in [-0.39, 0.29) is 5.75 Å². The first kappa shape index (κ1) is 18.4. The third-order valence-electron chi connectivity index (χ3n) is 3.94. The first-order valence-electron chi connectivity index (χ1n) is 8.32. The van der Waals surface area contributed by atoms with Crippen molar-refractivity contribution in [3.05, 3.63) is 71.3 Å². The SMILES string of the molecule is CCCCc1ccc(S(=O)(=O)CC=Cc2ccc(CN)cc2)cc1. The largest absolute Gasteiger partial charge is 0.326 e. The molecule has 0 amide bonds. The molecule has 2 aromatic carbocycles. The molecule has 0 aliphatic carbocycles. The predicted octanol–water partition coefficient (Wildman–Crippen LogP) is 3.98. The van der Waals surface area contributed by atoms with Crippen LogP contribution in [0.5, 0.6) is 0 Å². The van der Waals surface area contributed by atoms with E-state index < -0.39 is 9.84 Å². The lowest BCUT2D eigenvalue weighted by atomic mass is 10.1. The predicted molar refractivity (Wildman–Crippen MR) is 100 cm³/mol. The fourth-order valence-electron chi connectivity index (χ4n) is 2.42. The molecule has 0 heterocycles. The zero-order valence-corrected chi connectivity index (χ0v) is 14.9. The van der Waals surface area contributed by atoms with Gasteiger partial charge in [0.1, 0.15) is 0 Å². The van der Waals surface area contributed by atoms with Gasteiger partial charge in [0.05, 0.1) is 10.6 Å². The molecule has 0 aromatic heterocycles. The van der Waals surface area contributed by atoms with E-state index in [0.717, 1.165) is 30.4 Å². The minimum Gasteiger partial charge on any atom is -0.326 e. The van der Waals surface area contributed by atoms with E-state index in [1.807, 2.05) is 42.5 Å². The van der Waals surface area contributed by atoms with Gasteiger partial charge in [-0.15, -0.1) is 0 Å². The molecule has 0 saturated heterocycles. The fraction of sp³-hybridized carbons (Fsp3) is 0.300. The monoisotopic (exact) mass is 343 g/mol. The summed E-state index contributed by atoms with van der Waals surface area (Å²) < 4.78 is 24.8. The summed E-state index contributed by atoms with van der Waals surface area (Å²) in [5.41, 5.74) is 8.78. The van der Waals surface area contributed by atoms with Crippen LogP contribution >= 0.6 is 0 Å². The smallest absolute Gasteiger partial charge is 0.181 e. The van der Waals surface area contributed by atoms with Crippen LogP contribution in [0.2, 0.25) is 0 Å². The normalized spacial score (nSPS) is 11.9. The molecule has 2 aromatic rings. The van der Waals surface area contributed by atoms with Crippen LogP contribution in [-0.2, 0) is 22.8 Å². The molecule has 0 unspecified atom stereocenters. The lowest BCUT2D eigenvalue weighted by Gasteiger charge is -2.04. The van der Waals surface area contributed by atoms with Crippen molar-refractivity contribution in [1.82, 2.24) is 0 Å². The number of unbranched alkanes of at least 4 members (excludes halogenated alkanes) is 1. The van der Waals surface area contributed by atoms with Gasteiger partial charge in [-0.2, -0.15) is 0 Å². The minimum absolute atomic E-state index is 0.0000526. The maximum Gasteiger partial charge on any atom is 0.181 e. The van der Waals surface area contributed by atoms with E-state index >= 15 is 0 Å². The second kappa shape index (κ2) is 8.81. The molecule has 0 aliphatic rings. The summed E-state index contributed by atoms with van der Waals surface area (Å²) in [5, 5.41) is 0. The first-order valence-corrected chi connectivity index (χ1v) is 9.97. The maximum absolute atomic E-state index is 12.4. The third-order valence-corrected chi connectivity index (χ3v) is 5.56. The van der Waals surface area contributed by atoms with Gasteiger partial charge in [-0.1, -0.05) is 61.9 Å². The summed E-state index contributed by atoms with van der Waals surface area (Å²) in [6, 6.07) is 15.0. The molecule has 0 atom stereocenters. The Kier molecular flexibility index (Phi) is 6.76. The number of hydrogen-bond acceptors (Lipinski definition) is 3. The van der Waals surface area contributed by atoms with Gasteiger partial charge in [0.15, 0.2) is 9.84 Å². The van der Waals surface area contributed by atoms with Gasteiger partial charge in [0, 0.05) is 6.54 Å². The molecule has 24 heavy (non-hydrogen) atoms. The Balaban J connectivity index is 2.00. The molecule has 4 heteroatoms. The number of nitrogens with two attached hydrogens (primary N) is 1. The van der Waals surface area contributed by atoms with Crippen LogP contribution in [0.4, 0.5) is 0 Å². The molecule has 0 fully saturated rings. The second-order valence-corrected chi connectivity index (χ2v) is 7.91. The Bertz CT molecular complexity index is 760. The zero-order valence-electron chi connectivity index (χ0n) is 14.1. The fourth-order valence-corrected chi connectivity index (χ4v) is 3.51. The third kappa shape index (κ3) is 5.32. The van der Waals surface area contributed by atoms with Crippen molar-refractivity contribution < 1.29 is 8.42 Å². The molecule has 0 saturated carbocycles. The molecule has 128 valence electrons. The van der Waals surface area contributed by atoms with Crippen molar-refractivity contribution in [2.24, 2.45) is 5.73 Å². The van der Waals surface area contributed by atoms with E-state index in [4.69, 9.17) is 5.73 Å². The number of sulfone groups is 1. The lowest BCUT2D eigenvalue weighted by molar-refractivity contribution is 0.599. The summed E-state index contributed by atoms with van der Waals surface area (Å²) in [6.45, 7) is 2.65. The Morgan fingerprint density at radius 2 is 1.58 bits per heavy atom. The van der Waals surface area contributed by atoms with Gasteiger partial charge in [-0.3, -0.25) is 0 Å². The van der Waals surface area contributed by atoms with Crippen molar-refractivity contribution in [2.45, 2.75) is 37.6 Å². The van der Waals surface area contributed by atoms with E-state index in [1.165, 1.54) is 5.56 Å². The average molecular weight is 343 g/mol. The van der Waals surface area contributed by atoms with Crippen molar-refractivity contribution in [2.75, 3.05) is 5.75 Å². The summed E-state index contributed by atoms with van der Waals surface area (Å²) in [5.74, 6) is -0.0000526. The molecule has 2 rings (SSSR count). The van der Waals surface area contributed by atoms with Crippen LogP contribution < -0.4 is 5.73 Å². The Morgan fingerprint density at radius 1 is 0.958 bits per heavy atom. The summed E-state index contributed by atoms with van der Waals surface area (Å²) in [6.07, 6.45) is 6.77. The number of aryl methyl sites for hydroxylation is 1. The van der Waals surface area contributed by atoms with E-state index in [2.05, 4.69) is 6.92 Å². The molecule has 0 spiro atoms. The average Bonchev–Trinajstić information content (AvgIpc) is 2.61. The molecule has 3 nitrogen and oxygen atoms in total. The molecule has 0 bridgehead atoms. The van der Waals surface area contributed by atoms with E-state index in [9.17, 15) is 8.42 Å². The molecule has 0 aliphatic heterocycles. The highest BCUT2D eigenvalue weighted by molar-refractivity contribution is 7.91. The van der Waals surface area contributed by atoms with Crippen LogP contribution in [0.15, 0.2) is 59.5 Å². The standard InChI is InChI=1S/C20H25NO2S/c1-2-3-5-17-11-13-20(14-12-17)24(22,23)15-4-6-18-7-9-19(16-21)10-8-18/h4,6-14H,2-3,5,15-16,21H2,1H3. The van der Waals surface area contributed by atoms with Crippen LogP contribution in [-0.4, -0.2) is 14.2 Å². The number of hydrogen-bond donors (Lipinski definition) is 1. The van der Waals surface area contributed by atoms with Crippen molar-refractivity contribution in [3.63, 3.8) is 0 Å². The second-order valence-electron chi connectivity index (χ2n) is 5.88. The van der Waals surface area contributed by atoms with Crippen LogP contribution in [0, 0.1) is 0 Å². The van der Waals surface area contributed by atoms with Crippen LogP contribution in [0.3, 0.4) is 0 Å². The highest BCUT2D eigenvalue weighted by Crippen LogP contribution is 2.15. The summed E-state index contributed by atoms with van der Waals surface area (Å²) in [7, 11) is -3.29. The minimum atomic E-state index is -3.29. The van der Waals surface area contributed by atoms with Crippen molar-refractivity contribution in [1.29, 1.82) is 0 Å². The van der Waals surface area contributed by atoms with Gasteiger partial charge in [0.2, 0.25) is 0 Å². The van der Waals surface area contributed by atoms with Gasteiger partial charge in [-0.05, 0) is 41.7 Å². The highest BCUT2D eigenvalue weighted by Gasteiger charge is 2.12. The topological polar surface area (TPSA) is 60.2 Å². The Morgan fingerprint density at radius 3 is 2.17 bits per heavy atom. The van der Waals surface area contributed by atoms with Crippen molar-refractivity contribution >= 4 is 15.9 Å². The van der Waals surface area contributed by atoms with Crippen LogP contribution in [0.25, 0.3) is 6.08 Å². The number of rotatable bonds is 8. The van der Waals surface area contributed by atoms with Crippen molar-refractivity contribution in [3.8, 4) is 0 Å². The Labute approximate surface area is 145 Å². The van der Waals surface area contributed by atoms with Crippen LogP contribution in [0.1, 0.15) is 36.5 Å². The summed E-state index contributed by atoms with van der Waals surface area (Å²) >= 11 is 0. The molecular formula is C20H25NO2S. The maximum atomic E-state index is 12.4. The van der Waals surface area contributed by atoms with Gasteiger partial charge < -0.3 is 5.73 Å². The van der Waals surface area contributed by atoms with Gasteiger partial charge in [0.25, 0.3) is 0 Å². The molecule has 2 N–H and O–H groups in total. The molecule has 0 radical (unpaired) electrons. The Hall–Kier alpha value is -1.91. The van der Waals surface area contributed by atoms with E-state index in [1.54, 1.807) is 18.2 Å². The zero-order chi connectivity index (χ0) is 17.4. The lowest BCUT2D eigenvalue weighted by Crippen LogP contribution is -2.04. The highest BCUT2D eigenvalue weighted by atomic mass is 32.2. The summed E-state index contributed by atoms with van der Waals surface area (Å²) in [4.78, 5) is 0.380. The van der Waals surface area contributed by atoms with E-state index in [0.29, 0.717) is 11.4 Å². The number of benzene rings is 2.